The van der Waals surface area contributed by atoms with Crippen LogP contribution in [0.15, 0.2) is 60.8 Å². The average molecular weight is 374 g/mol. The monoisotopic (exact) mass is 374 g/mol. The molecule has 0 saturated carbocycles. The number of anilines is 1. The molecule has 1 aliphatic heterocycles. The molecule has 0 amide bonds. The first kappa shape index (κ1) is 18.4. The molecule has 2 heterocycles. The van der Waals surface area contributed by atoms with E-state index in [1.54, 1.807) is 7.11 Å². The van der Waals surface area contributed by atoms with Crippen LogP contribution in [-0.4, -0.2) is 35.1 Å². The maximum Gasteiger partial charge on any atom is 0.220 e. The van der Waals surface area contributed by atoms with E-state index < -0.39 is 0 Å². The minimum Gasteiger partial charge on any atom is -0.497 e. The number of aromatic nitrogens is 2. The van der Waals surface area contributed by atoms with Crippen LogP contribution in [0.5, 0.6) is 5.75 Å². The molecule has 28 heavy (non-hydrogen) atoms. The van der Waals surface area contributed by atoms with E-state index in [1.165, 1.54) is 5.56 Å². The number of ether oxygens (including phenoxy) is 1. The highest BCUT2D eigenvalue weighted by Crippen LogP contribution is 2.34. The van der Waals surface area contributed by atoms with Gasteiger partial charge in [-0.3, -0.25) is 4.90 Å². The summed E-state index contributed by atoms with van der Waals surface area (Å²) in [6.45, 7) is 3.06. The number of rotatable bonds is 5. The Morgan fingerprint density at radius 3 is 2.64 bits per heavy atom. The van der Waals surface area contributed by atoms with Gasteiger partial charge in [-0.05, 0) is 42.6 Å². The Balaban J connectivity index is 1.59. The highest BCUT2D eigenvalue weighted by atomic mass is 16.5. The summed E-state index contributed by atoms with van der Waals surface area (Å²) in [4.78, 5) is 11.4. The number of hydrogen-bond acceptors (Lipinski definition) is 5. The van der Waals surface area contributed by atoms with Crippen LogP contribution >= 0.6 is 0 Å². The first-order chi connectivity index (χ1) is 13.7. The number of methoxy groups -OCH3 is 1. The number of likely N-dealkylation sites (tertiary alicyclic amines) is 1. The Morgan fingerprint density at radius 2 is 1.89 bits per heavy atom. The molecule has 144 valence electrons. The Hall–Kier alpha value is -2.92. The van der Waals surface area contributed by atoms with Crippen molar-refractivity contribution in [2.75, 3.05) is 25.9 Å². The molecule has 0 spiro atoms. The number of piperidine rings is 1. The lowest BCUT2D eigenvalue weighted by atomic mass is 9.89. The standard InChI is InChI=1S/C23H26N4O/c1-28-20-11-9-18(10-12-20)21-14-25-23(24)26-22(21)19-8-5-13-27(16-19)15-17-6-3-2-4-7-17/h2-4,6-7,9-12,14,19H,5,8,13,15-16H2,1H3,(H2,24,25,26)/t19-/m0/s1. The first-order valence-corrected chi connectivity index (χ1v) is 9.76. The van der Waals surface area contributed by atoms with Gasteiger partial charge in [0.2, 0.25) is 5.95 Å². The van der Waals surface area contributed by atoms with Crippen LogP contribution in [0.1, 0.15) is 30.0 Å². The number of nitrogens with two attached hydrogens (primary N) is 1. The lowest BCUT2D eigenvalue weighted by Gasteiger charge is -2.33. The summed E-state index contributed by atoms with van der Waals surface area (Å²) in [5.41, 5.74) is 10.5. The van der Waals surface area contributed by atoms with Crippen molar-refractivity contribution in [3.63, 3.8) is 0 Å². The van der Waals surface area contributed by atoms with Gasteiger partial charge in [0, 0.05) is 30.8 Å². The third-order valence-electron chi connectivity index (χ3n) is 5.38. The number of nitrogens with zero attached hydrogens (tertiary/aromatic N) is 3. The zero-order valence-electron chi connectivity index (χ0n) is 16.2. The van der Waals surface area contributed by atoms with Gasteiger partial charge in [-0.2, -0.15) is 0 Å². The van der Waals surface area contributed by atoms with Gasteiger partial charge >= 0.3 is 0 Å². The van der Waals surface area contributed by atoms with E-state index in [-0.39, 0.29) is 0 Å². The smallest absolute Gasteiger partial charge is 0.220 e. The van der Waals surface area contributed by atoms with Crippen molar-refractivity contribution in [2.45, 2.75) is 25.3 Å². The second kappa shape index (κ2) is 8.40. The van der Waals surface area contributed by atoms with Crippen molar-refractivity contribution in [1.29, 1.82) is 0 Å². The van der Waals surface area contributed by atoms with Crippen LogP contribution < -0.4 is 10.5 Å². The predicted octanol–water partition coefficient (Wildman–Crippen LogP) is 4.11. The Kier molecular flexibility index (Phi) is 5.53. The fourth-order valence-electron chi connectivity index (χ4n) is 3.98. The molecule has 1 aromatic heterocycles. The third-order valence-corrected chi connectivity index (χ3v) is 5.38. The van der Waals surface area contributed by atoms with Crippen LogP contribution in [0.25, 0.3) is 11.1 Å². The minimum absolute atomic E-state index is 0.340. The van der Waals surface area contributed by atoms with Crippen molar-refractivity contribution in [1.82, 2.24) is 14.9 Å². The minimum atomic E-state index is 0.340. The van der Waals surface area contributed by atoms with E-state index in [9.17, 15) is 0 Å². The van der Waals surface area contributed by atoms with Crippen molar-refractivity contribution >= 4 is 5.95 Å². The van der Waals surface area contributed by atoms with Gasteiger partial charge in [0.1, 0.15) is 5.75 Å². The molecule has 0 bridgehead atoms. The maximum atomic E-state index is 5.96. The topological polar surface area (TPSA) is 64.3 Å². The first-order valence-electron chi connectivity index (χ1n) is 9.76. The summed E-state index contributed by atoms with van der Waals surface area (Å²) < 4.78 is 5.28. The molecule has 3 aromatic rings. The molecule has 0 unspecified atom stereocenters. The van der Waals surface area contributed by atoms with Gasteiger partial charge in [0.15, 0.2) is 0 Å². The van der Waals surface area contributed by atoms with E-state index in [0.29, 0.717) is 11.9 Å². The molecule has 1 atom stereocenters. The summed E-state index contributed by atoms with van der Waals surface area (Å²) in [6, 6.07) is 18.7. The molecule has 4 rings (SSSR count). The van der Waals surface area contributed by atoms with Gasteiger partial charge in [0.05, 0.1) is 12.8 Å². The second-order valence-corrected chi connectivity index (χ2v) is 7.32. The molecule has 0 radical (unpaired) electrons. The summed E-state index contributed by atoms with van der Waals surface area (Å²) in [5.74, 6) is 1.53. The molecular formula is C23H26N4O. The largest absolute Gasteiger partial charge is 0.497 e. The summed E-state index contributed by atoms with van der Waals surface area (Å²) in [6.07, 6.45) is 4.13. The number of nitrogen functional groups attached to an aromatic ring is 1. The fourth-order valence-corrected chi connectivity index (χ4v) is 3.98. The molecule has 2 N–H and O–H groups in total. The average Bonchev–Trinajstić information content (AvgIpc) is 2.75. The zero-order valence-corrected chi connectivity index (χ0v) is 16.2. The summed E-state index contributed by atoms with van der Waals surface area (Å²) in [5, 5.41) is 0. The highest BCUT2D eigenvalue weighted by molar-refractivity contribution is 5.67. The number of benzene rings is 2. The van der Waals surface area contributed by atoms with Crippen LogP contribution in [0, 0.1) is 0 Å². The third kappa shape index (κ3) is 4.15. The van der Waals surface area contributed by atoms with Crippen molar-refractivity contribution in [2.24, 2.45) is 0 Å². The van der Waals surface area contributed by atoms with E-state index in [0.717, 1.165) is 55.0 Å². The Bertz CT molecular complexity index is 912. The predicted molar refractivity (Wildman–Crippen MR) is 112 cm³/mol. The van der Waals surface area contributed by atoms with Gasteiger partial charge < -0.3 is 10.5 Å². The van der Waals surface area contributed by atoms with Crippen LogP contribution in [0.3, 0.4) is 0 Å². The quantitative estimate of drug-likeness (QED) is 0.728. The number of hydrogen-bond donors (Lipinski definition) is 1. The second-order valence-electron chi connectivity index (χ2n) is 7.32. The van der Waals surface area contributed by atoms with E-state index in [1.807, 2.05) is 18.3 Å². The van der Waals surface area contributed by atoms with Gasteiger partial charge in [-0.15, -0.1) is 0 Å². The zero-order chi connectivity index (χ0) is 19.3. The van der Waals surface area contributed by atoms with Crippen LogP contribution in [0.4, 0.5) is 5.95 Å². The molecule has 1 aliphatic rings. The SMILES string of the molecule is COc1ccc(-c2cnc(N)nc2[C@H]2CCCN(Cc3ccccc3)C2)cc1. The van der Waals surface area contributed by atoms with Gasteiger partial charge in [-0.25, -0.2) is 9.97 Å². The van der Waals surface area contributed by atoms with E-state index in [2.05, 4.69) is 57.3 Å². The van der Waals surface area contributed by atoms with Crippen LogP contribution in [-0.2, 0) is 6.54 Å². The molecule has 1 fully saturated rings. The van der Waals surface area contributed by atoms with E-state index >= 15 is 0 Å². The van der Waals surface area contributed by atoms with Gasteiger partial charge in [-0.1, -0.05) is 42.5 Å². The van der Waals surface area contributed by atoms with Crippen molar-refractivity contribution in [3.05, 3.63) is 72.1 Å². The molecule has 2 aromatic carbocycles. The molecule has 1 saturated heterocycles. The van der Waals surface area contributed by atoms with E-state index in [4.69, 9.17) is 10.5 Å². The maximum absolute atomic E-state index is 5.96. The summed E-state index contributed by atoms with van der Waals surface area (Å²) >= 11 is 0. The lowest BCUT2D eigenvalue weighted by Crippen LogP contribution is -2.34. The lowest BCUT2D eigenvalue weighted by molar-refractivity contribution is 0.198. The Labute approximate surface area is 166 Å². The summed E-state index contributed by atoms with van der Waals surface area (Å²) in [7, 11) is 1.68. The van der Waals surface area contributed by atoms with Crippen molar-refractivity contribution < 1.29 is 4.74 Å². The molecule has 0 aliphatic carbocycles. The molecule has 5 heteroatoms. The highest BCUT2D eigenvalue weighted by Gasteiger charge is 2.25. The van der Waals surface area contributed by atoms with Gasteiger partial charge in [0.25, 0.3) is 0 Å². The Morgan fingerprint density at radius 1 is 1.11 bits per heavy atom. The molecule has 5 nitrogen and oxygen atoms in total. The van der Waals surface area contributed by atoms with Crippen LogP contribution in [0.2, 0.25) is 0 Å². The molecular weight excluding hydrogens is 348 g/mol. The fraction of sp³-hybridized carbons (Fsp3) is 0.304. The normalized spacial score (nSPS) is 17.4. The van der Waals surface area contributed by atoms with Crippen molar-refractivity contribution in [3.8, 4) is 16.9 Å².